The van der Waals surface area contributed by atoms with Gasteiger partial charge in [-0.05, 0) is 55.5 Å². The van der Waals surface area contributed by atoms with E-state index in [-0.39, 0.29) is 18.1 Å². The molecule has 0 saturated carbocycles. The second-order valence-corrected chi connectivity index (χ2v) is 5.90. The summed E-state index contributed by atoms with van der Waals surface area (Å²) in [5.74, 6) is -0.594. The number of ether oxygens (including phenoxy) is 1. The number of carbonyl (C=O) groups is 3. The molecule has 1 heterocycles. The van der Waals surface area contributed by atoms with Crippen LogP contribution in [0.1, 0.15) is 23.7 Å². The fourth-order valence-corrected chi connectivity index (χ4v) is 2.71. The number of hydrogen-bond donors (Lipinski definition) is 3. The Kier molecular flexibility index (Phi) is 5.37. The number of benzene rings is 2. The Morgan fingerprint density at radius 1 is 1.15 bits per heavy atom. The summed E-state index contributed by atoms with van der Waals surface area (Å²) in [6.07, 6.45) is -0.0676. The number of hydrazine groups is 1. The number of anilines is 1. The third-order valence-corrected chi connectivity index (χ3v) is 4.04. The van der Waals surface area contributed by atoms with Crippen LogP contribution in [-0.2, 0) is 9.59 Å². The Morgan fingerprint density at radius 3 is 2.44 bits per heavy atom. The lowest BCUT2D eigenvalue weighted by atomic mass is 10.2. The van der Waals surface area contributed by atoms with E-state index in [1.165, 1.54) is 24.3 Å². The molecule has 0 radical (unpaired) electrons. The minimum Gasteiger partial charge on any atom is -0.508 e. The number of hydrogen-bond acceptors (Lipinski definition) is 6. The summed E-state index contributed by atoms with van der Waals surface area (Å²) in [5, 5.41) is 9.25. The van der Waals surface area contributed by atoms with E-state index >= 15 is 0 Å². The van der Waals surface area contributed by atoms with E-state index in [0.29, 0.717) is 23.6 Å². The number of imide groups is 1. The van der Waals surface area contributed by atoms with E-state index in [0.717, 1.165) is 4.90 Å². The van der Waals surface area contributed by atoms with E-state index in [1.54, 1.807) is 24.3 Å². The van der Waals surface area contributed by atoms with Crippen LogP contribution < -0.4 is 20.5 Å². The van der Waals surface area contributed by atoms with Gasteiger partial charge in [0.15, 0.2) is 0 Å². The lowest BCUT2D eigenvalue weighted by Crippen LogP contribution is -2.48. The number of phenolic OH excluding ortho intramolecular Hbond substituents is 1. The third kappa shape index (κ3) is 4.06. The van der Waals surface area contributed by atoms with Crippen LogP contribution in [0.25, 0.3) is 0 Å². The molecule has 0 bridgehead atoms. The van der Waals surface area contributed by atoms with Gasteiger partial charge in [0.1, 0.15) is 17.5 Å². The van der Waals surface area contributed by atoms with Gasteiger partial charge in [0.05, 0.1) is 18.7 Å². The normalized spacial score (nSPS) is 16.5. The zero-order valence-corrected chi connectivity index (χ0v) is 14.6. The molecule has 0 spiro atoms. The number of nitrogens with one attached hydrogen (secondary N) is 2. The van der Waals surface area contributed by atoms with Crippen LogP contribution in [-0.4, -0.2) is 35.5 Å². The van der Waals surface area contributed by atoms with Crippen molar-refractivity contribution in [2.24, 2.45) is 0 Å². The molecule has 27 heavy (non-hydrogen) atoms. The monoisotopic (exact) mass is 369 g/mol. The Bertz CT molecular complexity index is 849. The summed E-state index contributed by atoms with van der Waals surface area (Å²) in [5.41, 5.74) is 5.78. The molecule has 1 fully saturated rings. The van der Waals surface area contributed by atoms with E-state index in [2.05, 4.69) is 10.9 Å². The maximum atomic E-state index is 12.5. The van der Waals surface area contributed by atoms with Gasteiger partial charge in [-0.25, -0.2) is 10.3 Å². The standard InChI is InChI=1S/C19H19N3O5/c1-2-27-15-9-5-13(6-10-15)22-17(24)11-16(19(22)26)20-21-18(25)12-3-7-14(23)8-4-12/h3-10,16,20,23H,2,11H2,1H3,(H,21,25). The number of nitrogens with zero attached hydrogens (tertiary/aromatic N) is 1. The topological polar surface area (TPSA) is 108 Å². The van der Waals surface area contributed by atoms with Crippen molar-refractivity contribution in [1.82, 2.24) is 10.9 Å². The molecule has 1 aliphatic rings. The van der Waals surface area contributed by atoms with Crippen LogP contribution in [0, 0.1) is 0 Å². The van der Waals surface area contributed by atoms with Crippen LogP contribution in [0.3, 0.4) is 0 Å². The average molecular weight is 369 g/mol. The van der Waals surface area contributed by atoms with Crippen LogP contribution in [0.5, 0.6) is 11.5 Å². The SMILES string of the molecule is CCOc1ccc(N2C(=O)CC(NNC(=O)c3ccc(O)cc3)C2=O)cc1. The van der Waals surface area contributed by atoms with Crippen LogP contribution in [0.4, 0.5) is 5.69 Å². The summed E-state index contributed by atoms with van der Waals surface area (Å²) in [7, 11) is 0. The van der Waals surface area contributed by atoms with Crippen molar-refractivity contribution in [3.63, 3.8) is 0 Å². The van der Waals surface area contributed by atoms with Gasteiger partial charge in [-0.1, -0.05) is 0 Å². The fraction of sp³-hybridized carbons (Fsp3) is 0.211. The van der Waals surface area contributed by atoms with Crippen LogP contribution in [0.2, 0.25) is 0 Å². The Labute approximate surface area is 155 Å². The summed E-state index contributed by atoms with van der Waals surface area (Å²) in [6.45, 7) is 2.39. The molecule has 2 aromatic rings. The highest BCUT2D eigenvalue weighted by Gasteiger charge is 2.39. The molecule has 1 saturated heterocycles. The van der Waals surface area contributed by atoms with Gasteiger partial charge in [-0.2, -0.15) is 0 Å². The molecular formula is C19H19N3O5. The first-order chi connectivity index (χ1) is 13.0. The molecule has 8 heteroatoms. The Balaban J connectivity index is 1.63. The lowest BCUT2D eigenvalue weighted by Gasteiger charge is -2.16. The van der Waals surface area contributed by atoms with Gasteiger partial charge in [-0.15, -0.1) is 0 Å². The van der Waals surface area contributed by atoms with Crippen molar-refractivity contribution in [1.29, 1.82) is 0 Å². The van der Waals surface area contributed by atoms with Crippen LogP contribution in [0.15, 0.2) is 48.5 Å². The highest BCUT2D eigenvalue weighted by atomic mass is 16.5. The Morgan fingerprint density at radius 2 is 1.81 bits per heavy atom. The summed E-state index contributed by atoms with van der Waals surface area (Å²) >= 11 is 0. The van der Waals surface area contributed by atoms with Gasteiger partial charge >= 0.3 is 0 Å². The fourth-order valence-electron chi connectivity index (χ4n) is 2.71. The summed E-state index contributed by atoms with van der Waals surface area (Å²) < 4.78 is 5.35. The number of aromatic hydroxyl groups is 1. The molecule has 1 unspecified atom stereocenters. The molecule has 3 amide bonds. The quantitative estimate of drug-likeness (QED) is 0.524. The highest BCUT2D eigenvalue weighted by molar-refractivity contribution is 6.22. The number of carbonyl (C=O) groups excluding carboxylic acids is 3. The van der Waals surface area contributed by atoms with Crippen LogP contribution >= 0.6 is 0 Å². The lowest BCUT2D eigenvalue weighted by molar-refractivity contribution is -0.121. The van der Waals surface area contributed by atoms with Crippen molar-refractivity contribution in [2.45, 2.75) is 19.4 Å². The van der Waals surface area contributed by atoms with Gasteiger partial charge in [-0.3, -0.25) is 19.8 Å². The second kappa shape index (κ2) is 7.88. The minimum absolute atomic E-state index is 0.0436. The Hall–Kier alpha value is -3.39. The average Bonchev–Trinajstić information content (AvgIpc) is 2.95. The largest absolute Gasteiger partial charge is 0.508 e. The predicted molar refractivity (Wildman–Crippen MR) is 97.2 cm³/mol. The van der Waals surface area contributed by atoms with E-state index < -0.39 is 17.9 Å². The molecule has 3 rings (SSSR count). The third-order valence-electron chi connectivity index (χ3n) is 4.04. The molecule has 0 aliphatic carbocycles. The molecule has 1 aliphatic heterocycles. The van der Waals surface area contributed by atoms with Crippen molar-refractivity contribution < 1.29 is 24.2 Å². The number of rotatable bonds is 6. The zero-order chi connectivity index (χ0) is 19.4. The first-order valence-corrected chi connectivity index (χ1v) is 8.44. The molecule has 2 aromatic carbocycles. The summed E-state index contributed by atoms with van der Waals surface area (Å²) in [4.78, 5) is 38.0. The highest BCUT2D eigenvalue weighted by Crippen LogP contribution is 2.25. The molecule has 0 aromatic heterocycles. The van der Waals surface area contributed by atoms with Gasteiger partial charge in [0.25, 0.3) is 11.8 Å². The van der Waals surface area contributed by atoms with Crippen molar-refractivity contribution >= 4 is 23.4 Å². The van der Waals surface area contributed by atoms with E-state index in [9.17, 15) is 19.5 Å². The molecule has 140 valence electrons. The number of phenols is 1. The predicted octanol–water partition coefficient (Wildman–Crippen LogP) is 1.36. The maximum absolute atomic E-state index is 12.5. The van der Waals surface area contributed by atoms with E-state index in [1.807, 2.05) is 6.92 Å². The second-order valence-electron chi connectivity index (χ2n) is 5.90. The first-order valence-electron chi connectivity index (χ1n) is 8.44. The first kappa shape index (κ1) is 18.4. The molecular weight excluding hydrogens is 350 g/mol. The van der Waals surface area contributed by atoms with Crippen molar-refractivity contribution in [3.05, 3.63) is 54.1 Å². The molecule has 1 atom stereocenters. The minimum atomic E-state index is -0.856. The van der Waals surface area contributed by atoms with Gasteiger partial charge < -0.3 is 9.84 Å². The number of amides is 3. The van der Waals surface area contributed by atoms with Gasteiger partial charge in [0, 0.05) is 5.56 Å². The zero-order valence-electron chi connectivity index (χ0n) is 14.6. The van der Waals surface area contributed by atoms with Gasteiger partial charge in [0.2, 0.25) is 5.91 Å². The molecule has 8 nitrogen and oxygen atoms in total. The van der Waals surface area contributed by atoms with Crippen molar-refractivity contribution in [2.75, 3.05) is 11.5 Å². The van der Waals surface area contributed by atoms with Crippen molar-refractivity contribution in [3.8, 4) is 11.5 Å². The molecule has 3 N–H and O–H groups in total. The van der Waals surface area contributed by atoms with E-state index in [4.69, 9.17) is 4.74 Å². The maximum Gasteiger partial charge on any atom is 0.265 e. The smallest absolute Gasteiger partial charge is 0.265 e. The summed E-state index contributed by atoms with van der Waals surface area (Å²) in [6, 6.07) is 11.4.